The highest BCUT2D eigenvalue weighted by Gasteiger charge is 2.29. The van der Waals surface area contributed by atoms with Crippen LogP contribution in [0.15, 0.2) is 0 Å². The van der Waals surface area contributed by atoms with Crippen molar-refractivity contribution in [2.45, 2.75) is 31.4 Å². The summed E-state index contributed by atoms with van der Waals surface area (Å²) in [7, 11) is 0. The van der Waals surface area contributed by atoms with E-state index in [1.54, 1.807) is 11.8 Å². The summed E-state index contributed by atoms with van der Waals surface area (Å²) in [6.07, 6.45) is 4.67. The van der Waals surface area contributed by atoms with Crippen molar-refractivity contribution in [1.29, 1.82) is 0 Å². The minimum atomic E-state index is 0.688. The van der Waals surface area contributed by atoms with Gasteiger partial charge < -0.3 is 5.32 Å². The molecular formula is C11H16IN3S. The summed E-state index contributed by atoms with van der Waals surface area (Å²) in [6.45, 7) is 3.01. The molecule has 88 valence electrons. The molecule has 0 saturated heterocycles. The summed E-state index contributed by atoms with van der Waals surface area (Å²) < 4.78 is 1.21. The summed E-state index contributed by atoms with van der Waals surface area (Å²) in [6, 6.07) is 0. The molecule has 1 fully saturated rings. The lowest BCUT2D eigenvalue weighted by Gasteiger charge is -2.11. The highest BCUT2D eigenvalue weighted by molar-refractivity contribution is 14.1. The molecule has 1 N–H and O–H groups in total. The van der Waals surface area contributed by atoms with Crippen molar-refractivity contribution in [2.75, 3.05) is 18.1 Å². The zero-order chi connectivity index (χ0) is 11.5. The third-order valence-electron chi connectivity index (χ3n) is 2.50. The number of thioether (sulfide) groups is 1. The van der Waals surface area contributed by atoms with E-state index in [-0.39, 0.29) is 0 Å². The fourth-order valence-corrected chi connectivity index (χ4v) is 2.88. The Balaban J connectivity index is 2.34. The number of nitrogens with one attached hydrogen (secondary N) is 1. The quantitative estimate of drug-likeness (QED) is 0.829. The SMILES string of the molecule is CCNc1nc(CSC)nc(C2CC2)c1I. The molecule has 3 nitrogen and oxygen atoms in total. The van der Waals surface area contributed by atoms with E-state index in [2.05, 4.69) is 51.1 Å². The molecule has 0 unspecified atom stereocenters. The minimum Gasteiger partial charge on any atom is -0.369 e. The van der Waals surface area contributed by atoms with Crippen LogP contribution < -0.4 is 5.32 Å². The summed E-state index contributed by atoms with van der Waals surface area (Å²) in [5.74, 6) is 3.57. The van der Waals surface area contributed by atoms with Gasteiger partial charge in [-0.2, -0.15) is 11.8 Å². The van der Waals surface area contributed by atoms with Crippen LogP contribution in [0.3, 0.4) is 0 Å². The van der Waals surface area contributed by atoms with E-state index in [0.29, 0.717) is 5.92 Å². The van der Waals surface area contributed by atoms with Crippen LogP contribution in [0.25, 0.3) is 0 Å². The number of hydrogen-bond acceptors (Lipinski definition) is 4. The van der Waals surface area contributed by atoms with Gasteiger partial charge in [0.1, 0.15) is 11.6 Å². The van der Waals surface area contributed by atoms with Crippen LogP contribution in [0.5, 0.6) is 0 Å². The first kappa shape index (κ1) is 12.4. The van der Waals surface area contributed by atoms with Crippen molar-refractivity contribution in [1.82, 2.24) is 9.97 Å². The van der Waals surface area contributed by atoms with E-state index in [4.69, 9.17) is 0 Å². The molecular weight excluding hydrogens is 333 g/mol. The monoisotopic (exact) mass is 349 g/mol. The van der Waals surface area contributed by atoms with Crippen molar-refractivity contribution >= 4 is 40.2 Å². The van der Waals surface area contributed by atoms with Gasteiger partial charge >= 0.3 is 0 Å². The largest absolute Gasteiger partial charge is 0.369 e. The third-order valence-corrected chi connectivity index (χ3v) is 4.12. The predicted molar refractivity (Wildman–Crippen MR) is 78.1 cm³/mol. The average molecular weight is 349 g/mol. The standard InChI is InChI=1S/C11H16IN3S/c1-3-13-11-9(12)10(7-4-5-7)14-8(15-11)6-16-2/h7H,3-6H2,1-2H3,(H,13,14,15). The molecule has 1 aromatic rings. The Labute approximate surface area is 114 Å². The Hall–Kier alpha value is -0.0400. The van der Waals surface area contributed by atoms with Crippen molar-refractivity contribution in [3.05, 3.63) is 15.1 Å². The molecule has 0 radical (unpaired) electrons. The highest BCUT2D eigenvalue weighted by atomic mass is 127. The third kappa shape index (κ3) is 2.80. The second-order valence-corrected chi connectivity index (χ2v) is 5.87. The first-order chi connectivity index (χ1) is 7.76. The van der Waals surface area contributed by atoms with Gasteiger partial charge in [0.2, 0.25) is 0 Å². The molecule has 5 heteroatoms. The molecule has 1 aliphatic rings. The number of aromatic nitrogens is 2. The van der Waals surface area contributed by atoms with E-state index >= 15 is 0 Å². The van der Waals surface area contributed by atoms with Gasteiger partial charge in [0.05, 0.1) is 15.0 Å². The fraction of sp³-hybridized carbons (Fsp3) is 0.636. The Morgan fingerprint density at radius 3 is 2.75 bits per heavy atom. The van der Waals surface area contributed by atoms with Crippen molar-refractivity contribution in [2.24, 2.45) is 0 Å². The number of hydrogen-bond donors (Lipinski definition) is 1. The molecule has 1 heterocycles. The van der Waals surface area contributed by atoms with Gasteiger partial charge in [0.15, 0.2) is 0 Å². The van der Waals surface area contributed by atoms with Gasteiger partial charge in [-0.25, -0.2) is 9.97 Å². The maximum Gasteiger partial charge on any atom is 0.143 e. The number of rotatable bonds is 5. The lowest BCUT2D eigenvalue weighted by atomic mass is 10.2. The van der Waals surface area contributed by atoms with Crippen LogP contribution in [0, 0.1) is 3.57 Å². The van der Waals surface area contributed by atoms with Gasteiger partial charge in [-0.1, -0.05) is 0 Å². The Morgan fingerprint density at radius 1 is 1.44 bits per heavy atom. The van der Waals surface area contributed by atoms with Crippen LogP contribution in [-0.4, -0.2) is 22.8 Å². The molecule has 0 bridgehead atoms. The van der Waals surface area contributed by atoms with Gasteiger partial charge in [-0.05, 0) is 48.6 Å². The van der Waals surface area contributed by atoms with Crippen LogP contribution in [-0.2, 0) is 5.75 Å². The van der Waals surface area contributed by atoms with E-state index < -0.39 is 0 Å². The molecule has 0 atom stereocenters. The molecule has 0 amide bonds. The second kappa shape index (κ2) is 5.53. The Bertz CT molecular complexity index is 380. The molecule has 0 aromatic carbocycles. The Kier molecular flexibility index (Phi) is 4.29. The lowest BCUT2D eigenvalue weighted by Crippen LogP contribution is -2.08. The van der Waals surface area contributed by atoms with Crippen molar-refractivity contribution < 1.29 is 0 Å². The Morgan fingerprint density at radius 2 is 2.19 bits per heavy atom. The maximum absolute atomic E-state index is 4.69. The summed E-state index contributed by atoms with van der Waals surface area (Å²) >= 11 is 4.14. The number of anilines is 1. The maximum atomic E-state index is 4.69. The number of halogens is 1. The zero-order valence-corrected chi connectivity index (χ0v) is 12.6. The number of nitrogens with zero attached hydrogens (tertiary/aromatic N) is 2. The van der Waals surface area contributed by atoms with Crippen LogP contribution >= 0.6 is 34.4 Å². The van der Waals surface area contributed by atoms with Gasteiger partial charge in [0.25, 0.3) is 0 Å². The fourth-order valence-electron chi connectivity index (χ4n) is 1.62. The predicted octanol–water partition coefficient (Wildman–Crippen LogP) is 3.25. The van der Waals surface area contributed by atoms with Crippen molar-refractivity contribution in [3.63, 3.8) is 0 Å². The first-order valence-electron chi connectivity index (χ1n) is 5.55. The second-order valence-electron chi connectivity index (χ2n) is 3.93. The summed E-state index contributed by atoms with van der Waals surface area (Å²) in [5, 5.41) is 3.33. The molecule has 2 rings (SSSR count). The van der Waals surface area contributed by atoms with Gasteiger partial charge in [0, 0.05) is 12.5 Å². The zero-order valence-electron chi connectivity index (χ0n) is 9.59. The molecule has 16 heavy (non-hydrogen) atoms. The molecule has 1 aliphatic carbocycles. The van der Waals surface area contributed by atoms with E-state index in [1.807, 2.05) is 0 Å². The first-order valence-corrected chi connectivity index (χ1v) is 8.02. The van der Waals surface area contributed by atoms with Crippen LogP contribution in [0.2, 0.25) is 0 Å². The molecule has 1 saturated carbocycles. The molecule has 1 aromatic heterocycles. The normalized spacial score (nSPS) is 15.2. The molecule has 0 aliphatic heterocycles. The van der Waals surface area contributed by atoms with Gasteiger partial charge in [-0.15, -0.1) is 0 Å². The summed E-state index contributed by atoms with van der Waals surface area (Å²) in [4.78, 5) is 9.26. The van der Waals surface area contributed by atoms with Crippen molar-refractivity contribution in [3.8, 4) is 0 Å². The van der Waals surface area contributed by atoms with Crippen LogP contribution in [0.1, 0.15) is 37.2 Å². The van der Waals surface area contributed by atoms with E-state index in [0.717, 1.165) is 23.9 Å². The highest BCUT2D eigenvalue weighted by Crippen LogP contribution is 2.42. The van der Waals surface area contributed by atoms with Gasteiger partial charge in [-0.3, -0.25) is 0 Å². The van der Waals surface area contributed by atoms with Crippen LogP contribution in [0.4, 0.5) is 5.82 Å². The van der Waals surface area contributed by atoms with E-state index in [9.17, 15) is 0 Å². The minimum absolute atomic E-state index is 0.688. The average Bonchev–Trinajstić information content (AvgIpc) is 3.07. The van der Waals surface area contributed by atoms with E-state index in [1.165, 1.54) is 22.1 Å². The lowest BCUT2D eigenvalue weighted by molar-refractivity contribution is 0.916. The summed E-state index contributed by atoms with van der Waals surface area (Å²) in [5.41, 5.74) is 1.26. The molecule has 0 spiro atoms. The smallest absolute Gasteiger partial charge is 0.143 e. The topological polar surface area (TPSA) is 37.8 Å².